The first kappa shape index (κ1) is 19.7. The molecule has 0 bridgehead atoms. The van der Waals surface area contributed by atoms with Gasteiger partial charge in [0.2, 0.25) is 0 Å². The minimum Gasteiger partial charge on any atom is -0.493 e. The lowest BCUT2D eigenvalue weighted by Crippen LogP contribution is -2.36. The highest BCUT2D eigenvalue weighted by atomic mass is 35.5. The predicted molar refractivity (Wildman–Crippen MR) is 100 cm³/mol. The zero-order valence-electron chi connectivity index (χ0n) is 15.3. The van der Waals surface area contributed by atoms with Gasteiger partial charge in [0.05, 0.1) is 7.11 Å². The van der Waals surface area contributed by atoms with Crippen molar-refractivity contribution in [2.24, 2.45) is 0 Å². The number of rotatable bonds is 7. The van der Waals surface area contributed by atoms with E-state index in [2.05, 4.69) is 9.64 Å². The van der Waals surface area contributed by atoms with Crippen molar-refractivity contribution in [2.75, 3.05) is 20.2 Å². The Labute approximate surface area is 162 Å². The SMILES string of the molecule is COc1cc(Cl)ccc1OC1(C)CCN(Cc2ccccc2OC(F)F)C1. The largest absolute Gasteiger partial charge is 0.493 e. The van der Waals surface area contributed by atoms with Crippen molar-refractivity contribution >= 4 is 11.6 Å². The summed E-state index contributed by atoms with van der Waals surface area (Å²) >= 11 is 6.00. The summed E-state index contributed by atoms with van der Waals surface area (Å²) in [5.74, 6) is 1.42. The monoisotopic (exact) mass is 397 g/mol. The van der Waals surface area contributed by atoms with Gasteiger partial charge in [-0.25, -0.2) is 0 Å². The Morgan fingerprint density at radius 3 is 2.67 bits per heavy atom. The van der Waals surface area contributed by atoms with Gasteiger partial charge in [0.25, 0.3) is 0 Å². The van der Waals surface area contributed by atoms with E-state index in [1.165, 1.54) is 0 Å². The van der Waals surface area contributed by atoms with E-state index >= 15 is 0 Å². The van der Waals surface area contributed by atoms with Gasteiger partial charge in [0.1, 0.15) is 11.4 Å². The number of hydrogen-bond acceptors (Lipinski definition) is 4. The summed E-state index contributed by atoms with van der Waals surface area (Å²) in [6, 6.07) is 12.1. The van der Waals surface area contributed by atoms with Crippen LogP contribution >= 0.6 is 11.6 Å². The molecule has 1 aliphatic heterocycles. The van der Waals surface area contributed by atoms with Crippen molar-refractivity contribution in [3.8, 4) is 17.2 Å². The molecule has 0 amide bonds. The fourth-order valence-electron chi connectivity index (χ4n) is 3.32. The number of methoxy groups -OCH3 is 1. The van der Waals surface area contributed by atoms with Crippen LogP contribution < -0.4 is 14.2 Å². The average Bonchev–Trinajstić information content (AvgIpc) is 2.98. The Morgan fingerprint density at radius 2 is 1.93 bits per heavy atom. The highest BCUT2D eigenvalue weighted by Crippen LogP contribution is 2.36. The lowest BCUT2D eigenvalue weighted by molar-refractivity contribution is -0.0507. The van der Waals surface area contributed by atoms with Crippen LogP contribution in [0.2, 0.25) is 5.02 Å². The summed E-state index contributed by atoms with van der Waals surface area (Å²) in [5, 5.41) is 0.577. The molecule has 7 heteroatoms. The highest BCUT2D eigenvalue weighted by molar-refractivity contribution is 6.30. The van der Waals surface area contributed by atoms with Crippen LogP contribution in [0.4, 0.5) is 8.78 Å². The molecule has 0 aliphatic carbocycles. The molecule has 2 aromatic carbocycles. The van der Waals surface area contributed by atoms with E-state index in [0.717, 1.165) is 18.5 Å². The van der Waals surface area contributed by atoms with Crippen LogP contribution in [0.25, 0.3) is 0 Å². The molecular formula is C20H22ClF2NO3. The maximum atomic E-state index is 12.6. The molecule has 0 saturated carbocycles. The third-order valence-corrected chi connectivity index (χ3v) is 4.81. The van der Waals surface area contributed by atoms with E-state index in [4.69, 9.17) is 21.1 Å². The molecule has 3 rings (SSSR count). The number of nitrogens with zero attached hydrogens (tertiary/aromatic N) is 1. The molecule has 0 aromatic heterocycles. The Balaban J connectivity index is 1.68. The number of benzene rings is 2. The van der Waals surface area contributed by atoms with Gasteiger partial charge in [0.15, 0.2) is 11.5 Å². The molecule has 1 aliphatic rings. The first-order valence-electron chi connectivity index (χ1n) is 8.66. The molecule has 146 valence electrons. The molecule has 1 saturated heterocycles. The summed E-state index contributed by atoms with van der Waals surface area (Å²) in [5.41, 5.74) is 0.311. The summed E-state index contributed by atoms with van der Waals surface area (Å²) in [4.78, 5) is 2.16. The summed E-state index contributed by atoms with van der Waals surface area (Å²) in [6.45, 7) is 1.15. The second kappa shape index (κ2) is 8.31. The number of para-hydroxylation sites is 1. The Bertz CT molecular complexity index is 790. The quantitative estimate of drug-likeness (QED) is 0.658. The van der Waals surface area contributed by atoms with E-state index in [1.807, 2.05) is 13.0 Å². The smallest absolute Gasteiger partial charge is 0.387 e. The number of hydrogen-bond donors (Lipinski definition) is 0. The third-order valence-electron chi connectivity index (χ3n) is 4.58. The normalized spacial score (nSPS) is 20.1. The molecule has 0 N–H and O–H groups in total. The first-order chi connectivity index (χ1) is 12.9. The molecule has 1 heterocycles. The summed E-state index contributed by atoms with van der Waals surface area (Å²) in [7, 11) is 1.57. The molecule has 1 unspecified atom stereocenters. The highest BCUT2D eigenvalue weighted by Gasteiger charge is 2.36. The zero-order chi connectivity index (χ0) is 19.4. The van der Waals surface area contributed by atoms with Gasteiger partial charge in [-0.2, -0.15) is 8.78 Å². The lowest BCUT2D eigenvalue weighted by atomic mass is 10.1. The predicted octanol–water partition coefficient (Wildman–Crippen LogP) is 4.99. The lowest BCUT2D eigenvalue weighted by Gasteiger charge is -2.27. The Morgan fingerprint density at radius 1 is 1.15 bits per heavy atom. The van der Waals surface area contributed by atoms with Crippen molar-refractivity contribution in [3.05, 3.63) is 53.1 Å². The zero-order valence-corrected chi connectivity index (χ0v) is 16.0. The van der Waals surface area contributed by atoms with Crippen molar-refractivity contribution in [2.45, 2.75) is 32.1 Å². The molecule has 2 aromatic rings. The minimum atomic E-state index is -2.84. The van der Waals surface area contributed by atoms with Crippen molar-refractivity contribution in [1.29, 1.82) is 0 Å². The standard InChI is InChI=1S/C20H22ClF2NO3/c1-20(27-17-8-7-15(21)11-18(17)25-2)9-10-24(13-20)12-14-5-3-4-6-16(14)26-19(22)23/h3-8,11,19H,9-10,12-13H2,1-2H3. The Hall–Kier alpha value is -2.05. The van der Waals surface area contributed by atoms with Gasteiger partial charge in [-0.1, -0.05) is 29.8 Å². The van der Waals surface area contributed by atoms with Crippen LogP contribution in [0.3, 0.4) is 0 Å². The molecular weight excluding hydrogens is 376 g/mol. The number of ether oxygens (including phenoxy) is 3. The van der Waals surface area contributed by atoms with Crippen molar-refractivity contribution in [3.63, 3.8) is 0 Å². The molecule has 1 atom stereocenters. The second-order valence-electron chi connectivity index (χ2n) is 6.79. The molecule has 0 spiro atoms. The van der Waals surface area contributed by atoms with Gasteiger partial charge in [0, 0.05) is 42.7 Å². The van der Waals surface area contributed by atoms with Crippen molar-refractivity contribution < 1.29 is 23.0 Å². The van der Waals surface area contributed by atoms with E-state index in [0.29, 0.717) is 29.6 Å². The topological polar surface area (TPSA) is 30.9 Å². The average molecular weight is 398 g/mol. The maximum Gasteiger partial charge on any atom is 0.387 e. The van der Waals surface area contributed by atoms with Gasteiger partial charge < -0.3 is 14.2 Å². The third kappa shape index (κ3) is 5.02. The van der Waals surface area contributed by atoms with Gasteiger partial charge >= 0.3 is 6.61 Å². The fourth-order valence-corrected chi connectivity index (χ4v) is 3.48. The van der Waals surface area contributed by atoms with Gasteiger partial charge in [-0.15, -0.1) is 0 Å². The molecule has 0 radical (unpaired) electrons. The van der Waals surface area contributed by atoms with Crippen LogP contribution in [0.1, 0.15) is 18.9 Å². The molecule has 4 nitrogen and oxygen atoms in total. The minimum absolute atomic E-state index is 0.210. The fraction of sp³-hybridized carbons (Fsp3) is 0.400. The number of halogens is 3. The van der Waals surface area contributed by atoms with E-state index in [1.54, 1.807) is 43.5 Å². The molecule has 27 heavy (non-hydrogen) atoms. The van der Waals surface area contributed by atoms with E-state index in [9.17, 15) is 8.78 Å². The number of likely N-dealkylation sites (tertiary alicyclic amines) is 1. The van der Waals surface area contributed by atoms with Crippen LogP contribution in [-0.2, 0) is 6.54 Å². The maximum absolute atomic E-state index is 12.6. The van der Waals surface area contributed by atoms with Crippen LogP contribution in [-0.4, -0.2) is 37.3 Å². The van der Waals surface area contributed by atoms with Crippen LogP contribution in [0, 0.1) is 0 Å². The van der Waals surface area contributed by atoms with Crippen LogP contribution in [0.5, 0.6) is 17.2 Å². The van der Waals surface area contributed by atoms with E-state index < -0.39 is 12.2 Å². The van der Waals surface area contributed by atoms with Crippen molar-refractivity contribution in [1.82, 2.24) is 4.90 Å². The van der Waals surface area contributed by atoms with E-state index in [-0.39, 0.29) is 5.75 Å². The first-order valence-corrected chi connectivity index (χ1v) is 9.04. The van der Waals surface area contributed by atoms with Gasteiger partial charge in [-0.3, -0.25) is 4.90 Å². The summed E-state index contributed by atoms with van der Waals surface area (Å²) < 4.78 is 41.4. The summed E-state index contributed by atoms with van der Waals surface area (Å²) in [6.07, 6.45) is 0.802. The Kier molecular flexibility index (Phi) is 6.07. The van der Waals surface area contributed by atoms with Gasteiger partial charge in [-0.05, 0) is 25.1 Å². The second-order valence-corrected chi connectivity index (χ2v) is 7.23. The van der Waals surface area contributed by atoms with Crippen LogP contribution in [0.15, 0.2) is 42.5 Å². The number of alkyl halides is 2. The molecule has 1 fully saturated rings.